The molecule has 0 radical (unpaired) electrons. The van der Waals surface area contributed by atoms with Gasteiger partial charge in [-0.15, -0.1) is 11.3 Å². The van der Waals surface area contributed by atoms with Crippen molar-refractivity contribution in [3.8, 4) is 17.3 Å². The summed E-state index contributed by atoms with van der Waals surface area (Å²) in [6.07, 6.45) is 1.82. The molecule has 3 aromatic rings. The minimum absolute atomic E-state index is 0.164. The van der Waals surface area contributed by atoms with Crippen molar-refractivity contribution in [2.45, 2.75) is 6.92 Å². The Labute approximate surface area is 147 Å². The summed E-state index contributed by atoms with van der Waals surface area (Å²) in [6.45, 7) is 1.46. The fraction of sp³-hybridized carbons (Fsp3) is 0.0556. The Morgan fingerprint density at radius 1 is 1.25 bits per heavy atom. The molecular formula is C18H13N3OS2. The number of anilines is 1. The summed E-state index contributed by atoms with van der Waals surface area (Å²) < 4.78 is 0. The quantitative estimate of drug-likeness (QED) is 0.680. The number of carbonyl (C=O) groups is 1. The highest BCUT2D eigenvalue weighted by Gasteiger charge is 2.16. The summed E-state index contributed by atoms with van der Waals surface area (Å²) in [4.78, 5) is 17.1. The predicted molar refractivity (Wildman–Crippen MR) is 99.7 cm³/mol. The number of allylic oxidation sites excluding steroid dienone is 1. The molecule has 24 heavy (non-hydrogen) atoms. The zero-order chi connectivity index (χ0) is 16.9. The average molecular weight is 351 g/mol. The molecule has 0 fully saturated rings. The summed E-state index contributed by atoms with van der Waals surface area (Å²) in [7, 11) is 0. The molecule has 4 nitrogen and oxygen atoms in total. The third-order valence-electron chi connectivity index (χ3n) is 3.14. The maximum atomic E-state index is 11.5. The lowest BCUT2D eigenvalue weighted by atomic mass is 10.1. The molecule has 0 aliphatic carbocycles. The molecule has 1 amide bonds. The third kappa shape index (κ3) is 3.59. The van der Waals surface area contributed by atoms with Crippen LogP contribution in [0, 0.1) is 11.3 Å². The number of nitrogens with zero attached hydrogens (tertiary/aromatic N) is 2. The SMILES string of the molecule is CC(=O)Nc1sc(/C(C#N)=C/c2cccs2)nc1-c1ccccc1. The summed E-state index contributed by atoms with van der Waals surface area (Å²) in [5.74, 6) is -0.164. The topological polar surface area (TPSA) is 65.8 Å². The molecule has 2 aromatic heterocycles. The van der Waals surface area contributed by atoms with Crippen LogP contribution in [0.5, 0.6) is 0 Å². The minimum atomic E-state index is -0.164. The van der Waals surface area contributed by atoms with E-state index in [1.54, 1.807) is 11.3 Å². The van der Waals surface area contributed by atoms with E-state index in [0.717, 1.165) is 10.4 Å². The van der Waals surface area contributed by atoms with Crippen LogP contribution in [0.2, 0.25) is 0 Å². The predicted octanol–water partition coefficient (Wildman–Crippen LogP) is 4.89. The third-order valence-corrected chi connectivity index (χ3v) is 4.97. The van der Waals surface area contributed by atoms with Crippen molar-refractivity contribution in [3.05, 3.63) is 57.7 Å². The molecule has 0 atom stereocenters. The number of nitriles is 1. The van der Waals surface area contributed by atoms with Gasteiger partial charge in [-0.3, -0.25) is 4.79 Å². The molecule has 0 unspecified atom stereocenters. The van der Waals surface area contributed by atoms with Crippen molar-refractivity contribution in [1.29, 1.82) is 5.26 Å². The van der Waals surface area contributed by atoms with Gasteiger partial charge in [0.05, 0.1) is 5.57 Å². The summed E-state index contributed by atoms with van der Waals surface area (Å²) >= 11 is 2.87. The van der Waals surface area contributed by atoms with E-state index in [2.05, 4.69) is 16.4 Å². The smallest absolute Gasteiger partial charge is 0.221 e. The van der Waals surface area contributed by atoms with Gasteiger partial charge in [0, 0.05) is 17.4 Å². The highest BCUT2D eigenvalue weighted by atomic mass is 32.1. The van der Waals surface area contributed by atoms with E-state index in [4.69, 9.17) is 0 Å². The van der Waals surface area contributed by atoms with Gasteiger partial charge in [-0.1, -0.05) is 47.7 Å². The van der Waals surface area contributed by atoms with Crippen molar-refractivity contribution in [2.24, 2.45) is 0 Å². The van der Waals surface area contributed by atoms with Gasteiger partial charge >= 0.3 is 0 Å². The van der Waals surface area contributed by atoms with Crippen LogP contribution >= 0.6 is 22.7 Å². The lowest BCUT2D eigenvalue weighted by molar-refractivity contribution is -0.114. The van der Waals surface area contributed by atoms with E-state index in [-0.39, 0.29) is 5.91 Å². The average Bonchev–Trinajstić information content (AvgIpc) is 3.22. The number of amides is 1. The van der Waals surface area contributed by atoms with Gasteiger partial charge in [0.25, 0.3) is 0 Å². The number of benzene rings is 1. The lowest BCUT2D eigenvalue weighted by Crippen LogP contribution is -2.05. The molecule has 1 N–H and O–H groups in total. The zero-order valence-electron chi connectivity index (χ0n) is 12.8. The molecule has 118 valence electrons. The molecular weight excluding hydrogens is 338 g/mol. The van der Waals surface area contributed by atoms with Gasteiger partial charge in [0.1, 0.15) is 21.8 Å². The van der Waals surface area contributed by atoms with Gasteiger partial charge in [-0.2, -0.15) is 5.26 Å². The Bertz CT molecular complexity index is 919. The first-order chi connectivity index (χ1) is 11.7. The van der Waals surface area contributed by atoms with Crippen molar-refractivity contribution in [1.82, 2.24) is 4.98 Å². The molecule has 0 spiro atoms. The van der Waals surface area contributed by atoms with Gasteiger partial charge in [-0.05, 0) is 17.5 Å². The second-order valence-electron chi connectivity index (χ2n) is 4.93. The van der Waals surface area contributed by atoms with Crippen molar-refractivity contribution in [2.75, 3.05) is 5.32 Å². The van der Waals surface area contributed by atoms with Gasteiger partial charge in [0.2, 0.25) is 5.91 Å². The van der Waals surface area contributed by atoms with Gasteiger partial charge in [-0.25, -0.2) is 4.98 Å². The molecule has 0 bridgehead atoms. The van der Waals surface area contributed by atoms with Crippen LogP contribution in [0.15, 0.2) is 47.8 Å². The fourth-order valence-corrected chi connectivity index (χ4v) is 3.79. The first kappa shape index (κ1) is 16.1. The molecule has 3 rings (SSSR count). The summed E-state index contributed by atoms with van der Waals surface area (Å²) in [5.41, 5.74) is 2.06. The van der Waals surface area contributed by atoms with Crippen LogP contribution < -0.4 is 5.32 Å². The molecule has 0 aliphatic heterocycles. The van der Waals surface area contributed by atoms with E-state index in [1.165, 1.54) is 18.3 Å². The highest BCUT2D eigenvalue weighted by molar-refractivity contribution is 7.17. The number of thiazole rings is 1. The van der Waals surface area contributed by atoms with Crippen LogP contribution in [0.3, 0.4) is 0 Å². The van der Waals surface area contributed by atoms with E-state index in [0.29, 0.717) is 21.3 Å². The maximum absolute atomic E-state index is 11.5. The number of hydrogen-bond donors (Lipinski definition) is 1. The molecule has 2 heterocycles. The number of nitrogens with one attached hydrogen (secondary N) is 1. The summed E-state index contributed by atoms with van der Waals surface area (Å²) in [5, 5.41) is 15.5. The van der Waals surface area contributed by atoms with Crippen molar-refractivity contribution < 1.29 is 4.79 Å². The van der Waals surface area contributed by atoms with Gasteiger partial charge < -0.3 is 5.32 Å². The Morgan fingerprint density at radius 2 is 2.04 bits per heavy atom. The zero-order valence-corrected chi connectivity index (χ0v) is 14.4. The Kier molecular flexibility index (Phi) is 4.85. The first-order valence-corrected chi connectivity index (χ1v) is 8.86. The second kappa shape index (κ2) is 7.21. The molecule has 0 saturated heterocycles. The van der Waals surface area contributed by atoms with E-state index in [9.17, 15) is 10.1 Å². The molecule has 0 aliphatic rings. The minimum Gasteiger partial charge on any atom is -0.316 e. The second-order valence-corrected chi connectivity index (χ2v) is 6.91. The van der Waals surface area contributed by atoms with Gasteiger partial charge in [0.15, 0.2) is 0 Å². The monoisotopic (exact) mass is 351 g/mol. The van der Waals surface area contributed by atoms with Crippen LogP contribution in [0.4, 0.5) is 5.00 Å². The first-order valence-electron chi connectivity index (χ1n) is 7.17. The van der Waals surface area contributed by atoms with E-state index in [1.807, 2.05) is 53.9 Å². The molecule has 0 saturated carbocycles. The number of rotatable bonds is 4. The van der Waals surface area contributed by atoms with Crippen molar-refractivity contribution in [3.63, 3.8) is 0 Å². The van der Waals surface area contributed by atoms with Crippen LogP contribution in [-0.2, 0) is 4.79 Å². The fourth-order valence-electron chi connectivity index (χ4n) is 2.13. The molecule has 6 heteroatoms. The van der Waals surface area contributed by atoms with E-state index >= 15 is 0 Å². The Balaban J connectivity index is 2.08. The maximum Gasteiger partial charge on any atom is 0.221 e. The standard InChI is InChI=1S/C18H13N3OS2/c1-12(22)20-18-16(13-6-3-2-4-7-13)21-17(24-18)14(11-19)10-15-8-5-9-23-15/h2-10H,1H3,(H,20,22)/b14-10+. The Hall–Kier alpha value is -2.75. The number of aromatic nitrogens is 1. The number of carbonyl (C=O) groups excluding carboxylic acids is 1. The van der Waals surface area contributed by atoms with Crippen molar-refractivity contribution >= 4 is 45.2 Å². The lowest BCUT2D eigenvalue weighted by Gasteiger charge is -2.01. The number of hydrogen-bond acceptors (Lipinski definition) is 5. The van der Waals surface area contributed by atoms with Crippen LogP contribution in [0.25, 0.3) is 22.9 Å². The normalized spacial score (nSPS) is 11.1. The highest BCUT2D eigenvalue weighted by Crippen LogP contribution is 2.36. The van der Waals surface area contributed by atoms with E-state index < -0.39 is 0 Å². The largest absolute Gasteiger partial charge is 0.316 e. The number of thiophene rings is 1. The Morgan fingerprint density at radius 3 is 2.67 bits per heavy atom. The molecule has 1 aromatic carbocycles. The summed E-state index contributed by atoms with van der Waals surface area (Å²) in [6, 6.07) is 15.7. The van der Waals surface area contributed by atoms with Crippen LogP contribution in [0.1, 0.15) is 16.8 Å². The van der Waals surface area contributed by atoms with Crippen LogP contribution in [-0.4, -0.2) is 10.9 Å².